The van der Waals surface area contributed by atoms with E-state index < -0.39 is 0 Å². The highest BCUT2D eigenvalue weighted by Gasteiger charge is 2.23. The molecule has 0 N–H and O–H groups in total. The average molecular weight is 395 g/mol. The lowest BCUT2D eigenvalue weighted by molar-refractivity contribution is 0.0636. The number of halogens is 1. The number of piperazine rings is 1. The monoisotopic (exact) mass is 394 g/mol. The maximum Gasteiger partial charge on any atom is 0.274 e. The third-order valence-corrected chi connectivity index (χ3v) is 5.69. The zero-order valence-corrected chi connectivity index (χ0v) is 16.0. The van der Waals surface area contributed by atoms with Crippen molar-refractivity contribution in [2.45, 2.75) is 27.4 Å². The minimum Gasteiger partial charge on any atom is -0.335 e. The van der Waals surface area contributed by atoms with Crippen LogP contribution < -0.4 is 0 Å². The second-order valence-electron chi connectivity index (χ2n) is 6.09. The van der Waals surface area contributed by atoms with E-state index in [1.807, 2.05) is 29.6 Å². The summed E-state index contributed by atoms with van der Waals surface area (Å²) in [7, 11) is 0. The van der Waals surface area contributed by atoms with Crippen LogP contribution in [0.15, 0.2) is 16.7 Å². The number of rotatable bonds is 4. The number of carbonyl (C=O) groups excluding carboxylic acids is 1. The van der Waals surface area contributed by atoms with Gasteiger partial charge in [0.25, 0.3) is 5.91 Å². The highest BCUT2D eigenvalue weighted by atomic mass is 79.9. The van der Waals surface area contributed by atoms with Crippen molar-refractivity contribution in [1.82, 2.24) is 29.4 Å². The number of amides is 1. The van der Waals surface area contributed by atoms with Crippen molar-refractivity contribution in [2.75, 3.05) is 32.7 Å². The number of aryl methyl sites for hydroxylation is 1. The topological polar surface area (TPSA) is 59.2 Å². The highest BCUT2D eigenvalue weighted by Crippen LogP contribution is 2.19. The Morgan fingerprint density at radius 2 is 1.92 bits per heavy atom. The van der Waals surface area contributed by atoms with E-state index in [1.165, 1.54) is 0 Å². The maximum atomic E-state index is 12.6. The van der Waals surface area contributed by atoms with Gasteiger partial charge in [0.2, 0.25) is 0 Å². The van der Waals surface area contributed by atoms with Gasteiger partial charge in [-0.25, -0.2) is 4.68 Å². The Hall–Kier alpha value is -1.67. The molecule has 7 nitrogen and oxygen atoms in total. The molecular formula is C16H23BrN6O. The number of aromatic nitrogens is 4. The van der Waals surface area contributed by atoms with E-state index in [1.54, 1.807) is 10.7 Å². The third kappa shape index (κ3) is 3.39. The molecule has 2 aromatic heterocycles. The molecule has 3 heterocycles. The summed E-state index contributed by atoms with van der Waals surface area (Å²) in [6.45, 7) is 11.0. The third-order valence-electron chi connectivity index (χ3n) is 4.54. The van der Waals surface area contributed by atoms with Crippen LogP contribution in [0.5, 0.6) is 0 Å². The molecule has 0 aliphatic carbocycles. The summed E-state index contributed by atoms with van der Waals surface area (Å²) >= 11 is 3.53. The largest absolute Gasteiger partial charge is 0.335 e. The fourth-order valence-corrected chi connectivity index (χ4v) is 3.22. The van der Waals surface area contributed by atoms with Crippen molar-refractivity contribution >= 4 is 21.8 Å². The molecule has 130 valence electrons. The summed E-state index contributed by atoms with van der Waals surface area (Å²) in [6.07, 6.45) is 1.83. The Morgan fingerprint density at radius 3 is 2.50 bits per heavy atom. The smallest absolute Gasteiger partial charge is 0.274 e. The zero-order valence-electron chi connectivity index (χ0n) is 14.4. The van der Waals surface area contributed by atoms with Gasteiger partial charge in [-0.05, 0) is 42.4 Å². The number of hydrogen-bond donors (Lipinski definition) is 0. The molecule has 24 heavy (non-hydrogen) atoms. The Balaban J connectivity index is 1.67. The van der Waals surface area contributed by atoms with E-state index >= 15 is 0 Å². The van der Waals surface area contributed by atoms with Crippen LogP contribution in [0.25, 0.3) is 0 Å². The normalized spacial score (nSPS) is 15.9. The summed E-state index contributed by atoms with van der Waals surface area (Å²) in [5, 5.41) is 8.91. The van der Waals surface area contributed by atoms with Crippen molar-refractivity contribution in [2.24, 2.45) is 0 Å². The van der Waals surface area contributed by atoms with Crippen LogP contribution in [-0.4, -0.2) is 68.0 Å². The molecule has 0 unspecified atom stereocenters. The second kappa shape index (κ2) is 7.06. The van der Waals surface area contributed by atoms with Crippen LogP contribution in [0.2, 0.25) is 0 Å². The van der Waals surface area contributed by atoms with Gasteiger partial charge in [-0.2, -0.15) is 10.2 Å². The van der Waals surface area contributed by atoms with Gasteiger partial charge in [0.05, 0.1) is 15.9 Å². The molecule has 0 atom stereocenters. The quantitative estimate of drug-likeness (QED) is 0.792. The van der Waals surface area contributed by atoms with Crippen molar-refractivity contribution in [3.63, 3.8) is 0 Å². The molecule has 2 aromatic rings. The van der Waals surface area contributed by atoms with Crippen molar-refractivity contribution < 1.29 is 4.79 Å². The Morgan fingerprint density at radius 1 is 1.21 bits per heavy atom. The molecule has 0 saturated carbocycles. The number of likely N-dealkylation sites (N-methyl/N-ethyl adjacent to an activating group) is 1. The van der Waals surface area contributed by atoms with E-state index in [0.29, 0.717) is 12.4 Å². The van der Waals surface area contributed by atoms with Crippen molar-refractivity contribution in [1.29, 1.82) is 0 Å². The second-order valence-corrected chi connectivity index (χ2v) is 6.89. The van der Waals surface area contributed by atoms with E-state index in [-0.39, 0.29) is 5.91 Å². The molecule has 0 bridgehead atoms. The van der Waals surface area contributed by atoms with Crippen LogP contribution in [0, 0.1) is 13.8 Å². The first-order valence-corrected chi connectivity index (χ1v) is 9.03. The van der Waals surface area contributed by atoms with E-state index in [9.17, 15) is 4.79 Å². The zero-order chi connectivity index (χ0) is 17.3. The first-order valence-electron chi connectivity index (χ1n) is 8.24. The standard InChI is InChI=1S/C16H23BrN6O/c1-4-20-7-9-21(10-8-20)16(24)14-5-6-22(19-14)11-23-13(3)15(17)12(2)18-23/h5-6H,4,7-11H2,1-3H3. The van der Waals surface area contributed by atoms with E-state index in [0.717, 1.165) is 48.6 Å². The SMILES string of the molecule is CCN1CCN(C(=O)c2ccn(Cn3nc(C)c(Br)c3C)n2)CC1. The van der Waals surface area contributed by atoms with E-state index in [4.69, 9.17) is 0 Å². The predicted molar refractivity (Wildman–Crippen MR) is 95.0 cm³/mol. The van der Waals surface area contributed by atoms with Crippen LogP contribution in [-0.2, 0) is 6.67 Å². The lowest BCUT2D eigenvalue weighted by Crippen LogP contribution is -2.48. The summed E-state index contributed by atoms with van der Waals surface area (Å²) in [5.41, 5.74) is 2.50. The van der Waals surface area contributed by atoms with Gasteiger partial charge in [0.15, 0.2) is 0 Å². The van der Waals surface area contributed by atoms with Crippen LogP contribution in [0.3, 0.4) is 0 Å². The van der Waals surface area contributed by atoms with Crippen molar-refractivity contribution in [3.05, 3.63) is 33.8 Å². The predicted octanol–water partition coefficient (Wildman–Crippen LogP) is 1.74. The van der Waals surface area contributed by atoms with Gasteiger partial charge in [0.1, 0.15) is 12.4 Å². The molecule has 0 spiro atoms. The van der Waals surface area contributed by atoms with Crippen molar-refractivity contribution in [3.8, 4) is 0 Å². The van der Waals surface area contributed by atoms with Crippen LogP contribution in [0.4, 0.5) is 0 Å². The molecule has 3 rings (SSSR count). The average Bonchev–Trinajstić information content (AvgIpc) is 3.16. The molecule has 1 saturated heterocycles. The van der Waals surface area contributed by atoms with E-state index in [2.05, 4.69) is 38.0 Å². The fourth-order valence-electron chi connectivity index (χ4n) is 2.93. The van der Waals surface area contributed by atoms with Gasteiger partial charge in [-0.3, -0.25) is 9.48 Å². The molecule has 1 aliphatic rings. The molecule has 0 aromatic carbocycles. The summed E-state index contributed by atoms with van der Waals surface area (Å²) in [5.74, 6) is 0.0130. The van der Waals surface area contributed by atoms with Gasteiger partial charge in [-0.15, -0.1) is 0 Å². The number of carbonyl (C=O) groups is 1. The Labute approximate surface area is 150 Å². The molecule has 1 aliphatic heterocycles. The highest BCUT2D eigenvalue weighted by molar-refractivity contribution is 9.10. The Kier molecular flexibility index (Phi) is 5.05. The Bertz CT molecular complexity index is 729. The fraction of sp³-hybridized carbons (Fsp3) is 0.562. The van der Waals surface area contributed by atoms with Crippen LogP contribution >= 0.6 is 15.9 Å². The molecule has 1 amide bonds. The first kappa shape index (κ1) is 17.2. The van der Waals surface area contributed by atoms with Gasteiger partial charge in [0, 0.05) is 32.4 Å². The lowest BCUT2D eigenvalue weighted by atomic mass is 10.3. The minimum absolute atomic E-state index is 0.0130. The van der Waals surface area contributed by atoms with Gasteiger partial charge < -0.3 is 9.80 Å². The lowest BCUT2D eigenvalue weighted by Gasteiger charge is -2.33. The summed E-state index contributed by atoms with van der Waals surface area (Å²) < 4.78 is 4.64. The maximum absolute atomic E-state index is 12.6. The molecular weight excluding hydrogens is 372 g/mol. The summed E-state index contributed by atoms with van der Waals surface area (Å²) in [4.78, 5) is 16.8. The minimum atomic E-state index is 0.0130. The molecule has 1 fully saturated rings. The number of nitrogens with zero attached hydrogens (tertiary/aromatic N) is 6. The molecule has 8 heteroatoms. The summed E-state index contributed by atoms with van der Waals surface area (Å²) in [6, 6.07) is 1.79. The van der Waals surface area contributed by atoms with Gasteiger partial charge in [-0.1, -0.05) is 6.92 Å². The first-order chi connectivity index (χ1) is 11.5. The van der Waals surface area contributed by atoms with Crippen LogP contribution in [0.1, 0.15) is 28.8 Å². The van der Waals surface area contributed by atoms with Gasteiger partial charge >= 0.3 is 0 Å². The molecule has 0 radical (unpaired) electrons. The number of hydrogen-bond acceptors (Lipinski definition) is 4.